The predicted molar refractivity (Wildman–Crippen MR) is 124 cm³/mol. The Bertz CT molecular complexity index is 1210. The standard InChI is InChI=1S/C24H18Cl2N2O4/c1-31-18-8-10-22(32-14-15-7-9-20(25)21(26)11-15)16(12-18)13-19-23(29)27-28(24(19)30)17-5-3-2-4-6-17/h2-13H,14H2,1H3,(H,27,29)/b19-13+. The lowest BCUT2D eigenvalue weighted by Crippen LogP contribution is -2.35. The molecule has 2 amide bonds. The molecule has 3 aromatic rings. The molecule has 1 saturated heterocycles. The van der Waals surface area contributed by atoms with Crippen LogP contribution in [0.3, 0.4) is 0 Å². The number of methoxy groups -OCH3 is 1. The Kier molecular flexibility index (Phi) is 6.35. The molecule has 0 spiro atoms. The van der Waals surface area contributed by atoms with Gasteiger partial charge in [0.25, 0.3) is 11.8 Å². The van der Waals surface area contributed by atoms with E-state index >= 15 is 0 Å². The number of benzene rings is 3. The highest BCUT2D eigenvalue weighted by Crippen LogP contribution is 2.30. The summed E-state index contributed by atoms with van der Waals surface area (Å²) in [6.07, 6.45) is 1.49. The number of hydrogen-bond donors (Lipinski definition) is 1. The maximum Gasteiger partial charge on any atom is 0.282 e. The molecule has 6 nitrogen and oxygen atoms in total. The molecule has 1 aliphatic rings. The van der Waals surface area contributed by atoms with Gasteiger partial charge in [0.2, 0.25) is 0 Å². The molecule has 1 heterocycles. The van der Waals surface area contributed by atoms with Crippen LogP contribution in [0.15, 0.2) is 72.3 Å². The summed E-state index contributed by atoms with van der Waals surface area (Å²) >= 11 is 12.0. The smallest absolute Gasteiger partial charge is 0.282 e. The Balaban J connectivity index is 1.63. The molecule has 0 saturated carbocycles. The molecule has 0 aliphatic carbocycles. The van der Waals surface area contributed by atoms with Crippen molar-refractivity contribution in [1.29, 1.82) is 0 Å². The van der Waals surface area contributed by atoms with E-state index in [1.807, 2.05) is 12.1 Å². The van der Waals surface area contributed by atoms with Gasteiger partial charge in [-0.05, 0) is 54.1 Å². The van der Waals surface area contributed by atoms with Gasteiger partial charge in [-0.2, -0.15) is 0 Å². The monoisotopic (exact) mass is 468 g/mol. The van der Waals surface area contributed by atoms with Gasteiger partial charge >= 0.3 is 0 Å². The van der Waals surface area contributed by atoms with Gasteiger partial charge in [-0.1, -0.05) is 47.5 Å². The fourth-order valence-electron chi connectivity index (χ4n) is 3.16. The Labute approximate surface area is 194 Å². The minimum Gasteiger partial charge on any atom is -0.497 e. The Morgan fingerprint density at radius 2 is 1.75 bits per heavy atom. The number of nitrogens with zero attached hydrogens (tertiary/aromatic N) is 1. The average molecular weight is 469 g/mol. The second-order valence-electron chi connectivity index (χ2n) is 6.92. The largest absolute Gasteiger partial charge is 0.497 e. The van der Waals surface area contributed by atoms with Crippen molar-refractivity contribution in [2.75, 3.05) is 12.1 Å². The van der Waals surface area contributed by atoms with Crippen molar-refractivity contribution >= 4 is 46.8 Å². The van der Waals surface area contributed by atoms with Crippen molar-refractivity contribution in [1.82, 2.24) is 5.43 Å². The zero-order valence-corrected chi connectivity index (χ0v) is 18.5. The Hall–Kier alpha value is -3.48. The average Bonchev–Trinajstić information content (AvgIpc) is 3.09. The van der Waals surface area contributed by atoms with E-state index in [-0.39, 0.29) is 12.2 Å². The lowest BCUT2D eigenvalue weighted by molar-refractivity contribution is -0.117. The highest BCUT2D eigenvalue weighted by molar-refractivity contribution is 6.42. The zero-order chi connectivity index (χ0) is 22.7. The molecule has 4 rings (SSSR count). The Morgan fingerprint density at radius 3 is 2.47 bits per heavy atom. The summed E-state index contributed by atoms with van der Waals surface area (Å²) in [5.74, 6) is 0.0733. The lowest BCUT2D eigenvalue weighted by atomic mass is 10.1. The number of carbonyl (C=O) groups is 2. The second kappa shape index (κ2) is 9.34. The van der Waals surface area contributed by atoms with Gasteiger partial charge in [0.1, 0.15) is 23.7 Å². The lowest BCUT2D eigenvalue weighted by Gasteiger charge is -2.14. The van der Waals surface area contributed by atoms with Crippen molar-refractivity contribution in [3.05, 3.63) is 93.5 Å². The molecular weight excluding hydrogens is 451 g/mol. The summed E-state index contributed by atoms with van der Waals surface area (Å²) in [5.41, 5.74) is 4.48. The molecule has 1 aliphatic heterocycles. The van der Waals surface area contributed by atoms with E-state index < -0.39 is 11.8 Å². The van der Waals surface area contributed by atoms with Crippen molar-refractivity contribution in [2.45, 2.75) is 6.61 Å². The number of carbonyl (C=O) groups excluding carboxylic acids is 2. The number of amides is 2. The van der Waals surface area contributed by atoms with Crippen LogP contribution in [0.5, 0.6) is 11.5 Å². The van der Waals surface area contributed by atoms with Crippen LogP contribution in [0.2, 0.25) is 10.0 Å². The number of anilines is 1. The minimum atomic E-state index is -0.503. The summed E-state index contributed by atoms with van der Waals surface area (Å²) in [7, 11) is 1.53. The van der Waals surface area contributed by atoms with Crippen molar-refractivity contribution in [3.63, 3.8) is 0 Å². The summed E-state index contributed by atoms with van der Waals surface area (Å²) in [6.45, 7) is 0.218. The summed E-state index contributed by atoms with van der Waals surface area (Å²) in [4.78, 5) is 25.5. The fraction of sp³-hybridized carbons (Fsp3) is 0.0833. The molecule has 3 aromatic carbocycles. The number of halogens is 2. The van der Waals surface area contributed by atoms with Crippen LogP contribution in [0.25, 0.3) is 6.08 Å². The molecule has 0 unspecified atom stereocenters. The third-order valence-corrected chi connectivity index (χ3v) is 5.54. The van der Waals surface area contributed by atoms with Gasteiger partial charge in [-0.3, -0.25) is 15.0 Å². The SMILES string of the molecule is COc1ccc(OCc2ccc(Cl)c(Cl)c2)c(/C=C2\C(=O)NN(c3ccccc3)C2=O)c1. The quantitative estimate of drug-likeness (QED) is 0.406. The first-order valence-corrected chi connectivity index (χ1v) is 10.4. The van der Waals surface area contributed by atoms with Crippen LogP contribution in [-0.4, -0.2) is 18.9 Å². The molecule has 32 heavy (non-hydrogen) atoms. The Morgan fingerprint density at radius 1 is 0.969 bits per heavy atom. The third kappa shape index (κ3) is 4.56. The molecule has 0 aromatic heterocycles. The predicted octanol–water partition coefficient (Wildman–Crippen LogP) is 5.04. The van der Waals surface area contributed by atoms with Gasteiger partial charge in [0.05, 0.1) is 22.8 Å². The normalized spacial score (nSPS) is 14.6. The third-order valence-electron chi connectivity index (χ3n) is 4.80. The van der Waals surface area contributed by atoms with Crippen LogP contribution in [0, 0.1) is 0 Å². The summed E-state index contributed by atoms with van der Waals surface area (Å²) in [5, 5.41) is 2.10. The van der Waals surface area contributed by atoms with E-state index in [0.29, 0.717) is 32.8 Å². The number of nitrogens with one attached hydrogen (secondary N) is 1. The molecule has 1 N–H and O–H groups in total. The molecule has 0 radical (unpaired) electrons. The summed E-state index contributed by atoms with van der Waals surface area (Å²) in [6, 6.07) is 19.2. The van der Waals surface area contributed by atoms with Gasteiger partial charge in [0, 0.05) is 5.56 Å². The van der Waals surface area contributed by atoms with Crippen molar-refractivity contribution in [3.8, 4) is 11.5 Å². The first-order chi connectivity index (χ1) is 15.5. The van der Waals surface area contributed by atoms with Gasteiger partial charge in [-0.25, -0.2) is 5.01 Å². The number of para-hydroxylation sites is 1. The molecule has 162 valence electrons. The van der Waals surface area contributed by atoms with Crippen molar-refractivity contribution < 1.29 is 19.1 Å². The van der Waals surface area contributed by atoms with Gasteiger partial charge < -0.3 is 9.47 Å². The summed E-state index contributed by atoms with van der Waals surface area (Å²) < 4.78 is 11.2. The molecule has 0 atom stereocenters. The second-order valence-corrected chi connectivity index (χ2v) is 7.73. The molecule has 0 bridgehead atoms. The van der Waals surface area contributed by atoms with E-state index in [1.54, 1.807) is 54.6 Å². The van der Waals surface area contributed by atoms with Crippen LogP contribution >= 0.6 is 23.2 Å². The van der Waals surface area contributed by atoms with Crippen LogP contribution in [-0.2, 0) is 16.2 Å². The highest BCUT2D eigenvalue weighted by atomic mass is 35.5. The number of ether oxygens (including phenoxy) is 2. The van der Waals surface area contributed by atoms with Crippen LogP contribution < -0.4 is 19.9 Å². The molecule has 1 fully saturated rings. The fourth-order valence-corrected chi connectivity index (χ4v) is 3.48. The number of rotatable bonds is 6. The molecule has 8 heteroatoms. The van der Waals surface area contributed by atoms with Crippen molar-refractivity contribution in [2.24, 2.45) is 0 Å². The molecular formula is C24H18Cl2N2O4. The zero-order valence-electron chi connectivity index (χ0n) is 17.0. The minimum absolute atomic E-state index is 0.0125. The number of hydrogen-bond acceptors (Lipinski definition) is 4. The first kappa shape index (κ1) is 21.7. The van der Waals surface area contributed by atoms with E-state index in [9.17, 15) is 9.59 Å². The van der Waals surface area contributed by atoms with E-state index in [2.05, 4.69) is 5.43 Å². The topological polar surface area (TPSA) is 67.9 Å². The van der Waals surface area contributed by atoms with E-state index in [4.69, 9.17) is 32.7 Å². The van der Waals surface area contributed by atoms with E-state index in [0.717, 1.165) is 5.56 Å². The maximum atomic E-state index is 12.9. The van der Waals surface area contributed by atoms with Crippen LogP contribution in [0.1, 0.15) is 11.1 Å². The number of hydrazine groups is 1. The van der Waals surface area contributed by atoms with Gasteiger partial charge in [-0.15, -0.1) is 0 Å². The van der Waals surface area contributed by atoms with Crippen LogP contribution in [0.4, 0.5) is 5.69 Å². The highest BCUT2D eigenvalue weighted by Gasteiger charge is 2.34. The van der Waals surface area contributed by atoms with E-state index in [1.165, 1.54) is 18.2 Å². The maximum absolute atomic E-state index is 12.9. The van der Waals surface area contributed by atoms with Gasteiger partial charge in [0.15, 0.2) is 0 Å². The first-order valence-electron chi connectivity index (χ1n) is 9.63.